The van der Waals surface area contributed by atoms with Crippen LogP contribution in [0.5, 0.6) is 0 Å². The van der Waals surface area contributed by atoms with E-state index in [2.05, 4.69) is 40.6 Å². The third-order valence-electron chi connectivity index (χ3n) is 4.88. The lowest BCUT2D eigenvalue weighted by atomic mass is 10.2. The second-order valence-corrected chi connectivity index (χ2v) is 10.0. The monoisotopic (exact) mass is 550 g/mol. The van der Waals surface area contributed by atoms with Gasteiger partial charge in [0.25, 0.3) is 5.91 Å². The van der Waals surface area contributed by atoms with Crippen LogP contribution in [0.15, 0.2) is 65.8 Å². The zero-order valence-corrected chi connectivity index (χ0v) is 21.7. The number of carbonyl (C=O) groups is 1. The highest BCUT2D eigenvalue weighted by Gasteiger charge is 2.19. The van der Waals surface area contributed by atoms with E-state index >= 15 is 0 Å². The molecule has 174 valence electrons. The Labute approximate surface area is 221 Å². The summed E-state index contributed by atoms with van der Waals surface area (Å²) in [5, 5.41) is 13.8. The minimum Gasteiger partial charge on any atom is -0.345 e. The van der Waals surface area contributed by atoms with Gasteiger partial charge in [0.1, 0.15) is 0 Å². The molecule has 0 saturated carbocycles. The summed E-state index contributed by atoms with van der Waals surface area (Å²) in [5.74, 6) is 0.847. The van der Waals surface area contributed by atoms with Crippen molar-refractivity contribution in [1.29, 1.82) is 0 Å². The van der Waals surface area contributed by atoms with Gasteiger partial charge >= 0.3 is 0 Å². The molecule has 1 N–H and O–H groups in total. The topological polar surface area (TPSA) is 59.8 Å². The van der Waals surface area contributed by atoms with Crippen molar-refractivity contribution >= 4 is 64.1 Å². The molecule has 0 radical (unpaired) electrons. The van der Waals surface area contributed by atoms with Crippen molar-refractivity contribution in [2.45, 2.75) is 24.4 Å². The Hall–Kier alpha value is -2.22. The van der Waals surface area contributed by atoms with E-state index in [4.69, 9.17) is 46.4 Å². The maximum atomic E-state index is 12.7. The first kappa shape index (κ1) is 24.9. The van der Waals surface area contributed by atoms with Crippen LogP contribution in [0.25, 0.3) is 5.69 Å². The summed E-state index contributed by atoms with van der Waals surface area (Å²) in [4.78, 5) is 12.7. The molecule has 0 aliphatic heterocycles. The van der Waals surface area contributed by atoms with E-state index in [0.29, 0.717) is 43.1 Å². The highest BCUT2D eigenvalue weighted by molar-refractivity contribution is 7.98. The number of aryl methyl sites for hydroxylation is 1. The number of nitrogens with one attached hydrogen (secondary N) is 1. The largest absolute Gasteiger partial charge is 0.345 e. The third kappa shape index (κ3) is 5.88. The molecule has 0 bridgehead atoms. The first-order valence-electron chi connectivity index (χ1n) is 10.1. The lowest BCUT2D eigenvalue weighted by Crippen LogP contribution is -2.25. The number of carbonyl (C=O) groups excluding carboxylic acids is 1. The molecule has 0 spiro atoms. The van der Waals surface area contributed by atoms with E-state index in [-0.39, 0.29) is 17.5 Å². The number of nitrogens with zero attached hydrogens (tertiary/aromatic N) is 3. The third-order valence-corrected chi connectivity index (χ3v) is 6.97. The minimum absolute atomic E-state index is 0.106. The fourth-order valence-electron chi connectivity index (χ4n) is 3.29. The first-order chi connectivity index (χ1) is 16.3. The van der Waals surface area contributed by atoms with Crippen molar-refractivity contribution in [3.05, 3.63) is 103 Å². The molecule has 34 heavy (non-hydrogen) atoms. The second kappa shape index (κ2) is 11.0. The Kier molecular flexibility index (Phi) is 8.06. The van der Waals surface area contributed by atoms with Gasteiger partial charge in [0.05, 0.1) is 27.8 Å². The molecule has 1 heterocycles. The van der Waals surface area contributed by atoms with Crippen molar-refractivity contribution in [2.24, 2.45) is 0 Å². The number of halogens is 4. The minimum atomic E-state index is -0.354. The van der Waals surface area contributed by atoms with E-state index in [1.807, 2.05) is 10.6 Å². The van der Waals surface area contributed by atoms with Gasteiger partial charge in [-0.3, -0.25) is 9.36 Å². The quantitative estimate of drug-likeness (QED) is 0.243. The highest BCUT2D eigenvalue weighted by Crippen LogP contribution is 2.31. The van der Waals surface area contributed by atoms with Crippen molar-refractivity contribution in [1.82, 2.24) is 20.1 Å². The van der Waals surface area contributed by atoms with Crippen LogP contribution in [0.4, 0.5) is 0 Å². The van der Waals surface area contributed by atoms with E-state index in [1.54, 1.807) is 30.3 Å². The van der Waals surface area contributed by atoms with Gasteiger partial charge in [-0.1, -0.05) is 88.0 Å². The molecule has 5 nitrogen and oxygen atoms in total. The molecule has 0 atom stereocenters. The van der Waals surface area contributed by atoms with Crippen LogP contribution in [0.2, 0.25) is 20.1 Å². The molecule has 10 heteroatoms. The fraction of sp³-hybridized carbons (Fsp3) is 0.125. The number of hydrogen-bond donors (Lipinski definition) is 1. The smallest absolute Gasteiger partial charge is 0.253 e. The van der Waals surface area contributed by atoms with Crippen LogP contribution in [0.1, 0.15) is 27.3 Å². The molecule has 0 unspecified atom stereocenters. The molecule has 0 aliphatic rings. The molecule has 1 amide bonds. The predicted octanol–water partition coefficient (Wildman–Crippen LogP) is 7.41. The van der Waals surface area contributed by atoms with Gasteiger partial charge in [-0.15, -0.1) is 10.2 Å². The summed E-state index contributed by atoms with van der Waals surface area (Å²) in [6, 6.07) is 18.2. The Morgan fingerprint density at radius 3 is 2.38 bits per heavy atom. The fourth-order valence-corrected chi connectivity index (χ4v) is 5.18. The maximum absolute atomic E-state index is 12.7. The Balaban J connectivity index is 1.61. The SMILES string of the molecule is Cc1cccc(CSc2nnc(CNC(=O)c3ccc(Cl)cc3Cl)n2-c2ccc(Cl)cc2Cl)c1. The van der Waals surface area contributed by atoms with Gasteiger partial charge < -0.3 is 5.32 Å². The molecule has 3 aromatic carbocycles. The lowest BCUT2D eigenvalue weighted by Gasteiger charge is -2.13. The van der Waals surface area contributed by atoms with Gasteiger partial charge in [-0.25, -0.2) is 0 Å². The molecule has 4 aromatic rings. The van der Waals surface area contributed by atoms with Crippen molar-refractivity contribution in [3.8, 4) is 5.69 Å². The number of benzene rings is 3. The Morgan fingerprint density at radius 2 is 1.68 bits per heavy atom. The van der Waals surface area contributed by atoms with E-state index < -0.39 is 0 Å². The summed E-state index contributed by atoms with van der Waals surface area (Å²) in [5.41, 5.74) is 3.32. The standard InChI is InChI=1S/C24H18Cl4N4OS/c1-14-3-2-4-15(9-14)13-34-24-31-30-22(32(24)21-8-6-17(26)11-20(21)28)12-29-23(33)18-7-5-16(25)10-19(18)27/h2-11H,12-13H2,1H3,(H,29,33). The van der Waals surface area contributed by atoms with Gasteiger partial charge in [0.2, 0.25) is 0 Å². The van der Waals surface area contributed by atoms with Gasteiger partial charge in [0.15, 0.2) is 11.0 Å². The van der Waals surface area contributed by atoms with Crippen LogP contribution in [-0.2, 0) is 12.3 Å². The molecule has 4 rings (SSSR count). The van der Waals surface area contributed by atoms with Gasteiger partial charge in [0, 0.05) is 15.8 Å². The lowest BCUT2D eigenvalue weighted by molar-refractivity contribution is 0.0950. The number of aromatic nitrogens is 3. The summed E-state index contributed by atoms with van der Waals surface area (Å²) < 4.78 is 1.82. The molecule has 0 saturated heterocycles. The zero-order valence-electron chi connectivity index (χ0n) is 17.9. The summed E-state index contributed by atoms with van der Waals surface area (Å²) in [6.07, 6.45) is 0. The average molecular weight is 552 g/mol. The predicted molar refractivity (Wildman–Crippen MR) is 140 cm³/mol. The zero-order chi connectivity index (χ0) is 24.2. The van der Waals surface area contributed by atoms with Gasteiger partial charge in [-0.2, -0.15) is 0 Å². The van der Waals surface area contributed by atoms with Gasteiger partial charge in [-0.05, 0) is 48.9 Å². The molecule has 1 aromatic heterocycles. The summed E-state index contributed by atoms with van der Waals surface area (Å²) in [6.45, 7) is 2.16. The average Bonchev–Trinajstić information content (AvgIpc) is 3.18. The molecular formula is C24H18Cl4N4OS. The number of rotatable bonds is 7. The molecule has 0 aliphatic carbocycles. The summed E-state index contributed by atoms with van der Waals surface area (Å²) in [7, 11) is 0. The maximum Gasteiger partial charge on any atom is 0.253 e. The highest BCUT2D eigenvalue weighted by atomic mass is 35.5. The summed E-state index contributed by atoms with van der Waals surface area (Å²) >= 11 is 26.2. The number of hydrogen-bond acceptors (Lipinski definition) is 4. The molecular weight excluding hydrogens is 534 g/mol. The van der Waals surface area contributed by atoms with Crippen molar-refractivity contribution in [2.75, 3.05) is 0 Å². The normalized spacial score (nSPS) is 11.0. The Morgan fingerprint density at radius 1 is 0.941 bits per heavy atom. The van der Waals surface area contributed by atoms with Crippen molar-refractivity contribution in [3.63, 3.8) is 0 Å². The number of thioether (sulfide) groups is 1. The Bertz CT molecular complexity index is 1360. The van der Waals surface area contributed by atoms with E-state index in [0.717, 1.165) is 5.56 Å². The van der Waals surface area contributed by atoms with E-state index in [1.165, 1.54) is 23.4 Å². The van der Waals surface area contributed by atoms with Crippen LogP contribution in [0, 0.1) is 6.92 Å². The second-order valence-electron chi connectivity index (χ2n) is 7.41. The van der Waals surface area contributed by atoms with E-state index in [9.17, 15) is 4.79 Å². The van der Waals surface area contributed by atoms with Crippen LogP contribution in [0.3, 0.4) is 0 Å². The molecule has 0 fully saturated rings. The van der Waals surface area contributed by atoms with Crippen molar-refractivity contribution < 1.29 is 4.79 Å². The van der Waals surface area contributed by atoms with Crippen LogP contribution >= 0.6 is 58.2 Å². The van der Waals surface area contributed by atoms with Crippen LogP contribution < -0.4 is 5.32 Å². The number of amides is 1. The first-order valence-corrected chi connectivity index (χ1v) is 12.6. The van der Waals surface area contributed by atoms with Crippen LogP contribution in [-0.4, -0.2) is 20.7 Å².